The van der Waals surface area contributed by atoms with E-state index in [9.17, 15) is 19.2 Å². The number of unbranched alkanes of at least 4 members (excludes halogenated alkanes) is 2. The zero-order valence-corrected chi connectivity index (χ0v) is 21.9. The third-order valence-corrected chi connectivity index (χ3v) is 7.49. The molecule has 0 aromatic rings. The van der Waals surface area contributed by atoms with Crippen molar-refractivity contribution in [1.82, 2.24) is 15.1 Å². The fraction of sp³-hybridized carbons (Fsp3) is 0.714. The number of allylic oxidation sites excluding steroid dienone is 2. The highest BCUT2D eigenvalue weighted by Gasteiger charge is 2.58. The van der Waals surface area contributed by atoms with Crippen molar-refractivity contribution in [3.8, 4) is 12.3 Å². The van der Waals surface area contributed by atoms with E-state index in [0.29, 0.717) is 32.4 Å². The van der Waals surface area contributed by atoms with Crippen LogP contribution in [0.5, 0.6) is 0 Å². The van der Waals surface area contributed by atoms with E-state index in [1.165, 1.54) is 4.90 Å². The van der Waals surface area contributed by atoms with Gasteiger partial charge in [0.05, 0.1) is 24.5 Å². The maximum atomic E-state index is 12.7. The number of amides is 4. The highest BCUT2D eigenvalue weighted by atomic mass is 16.5. The molecule has 3 aliphatic rings. The first-order valence-electron chi connectivity index (χ1n) is 13.4. The van der Waals surface area contributed by atoms with Gasteiger partial charge >= 0.3 is 0 Å². The van der Waals surface area contributed by atoms with E-state index in [4.69, 9.17) is 11.2 Å². The van der Waals surface area contributed by atoms with Gasteiger partial charge in [-0.2, -0.15) is 0 Å². The minimum Gasteiger partial charge on any atom is -0.379 e. The monoisotopic (exact) mass is 499 g/mol. The Kier molecular flexibility index (Phi) is 10.1. The molecule has 8 heteroatoms. The van der Waals surface area contributed by atoms with Gasteiger partial charge in [-0.25, -0.2) is 0 Å². The Morgan fingerprint density at radius 1 is 1.11 bits per heavy atom. The second-order valence-electron chi connectivity index (χ2n) is 10.6. The quantitative estimate of drug-likeness (QED) is 0.162. The standard InChI is InChI=1S/C28H41N3O5/c1-5-14-30(16-12-23(32)29-20(4)13-17-36-19(2)3)24(33)9-7-6-8-15-31-27(34)25-21-10-11-22(18-21)26(25)28(31)35/h1,10-11,19-22,25-26H,6-9,12-18H2,2-4H3,(H,29,32)/t20?,21-,22+,25+,26-. The molecule has 36 heavy (non-hydrogen) atoms. The number of fused-ring (bicyclic) bond motifs is 5. The van der Waals surface area contributed by atoms with Crippen molar-refractivity contribution in [2.45, 2.75) is 77.9 Å². The van der Waals surface area contributed by atoms with Gasteiger partial charge in [0, 0.05) is 38.6 Å². The number of ether oxygens (including phenoxy) is 1. The predicted octanol–water partition coefficient (Wildman–Crippen LogP) is 2.53. The Bertz CT molecular complexity index is 862. The molecule has 1 heterocycles. The van der Waals surface area contributed by atoms with Crippen LogP contribution in [0.4, 0.5) is 0 Å². The van der Waals surface area contributed by atoms with Crippen LogP contribution < -0.4 is 5.32 Å². The second kappa shape index (κ2) is 13.0. The molecule has 198 valence electrons. The van der Waals surface area contributed by atoms with Crippen LogP contribution in [0.2, 0.25) is 0 Å². The minimum absolute atomic E-state index is 0.00611. The van der Waals surface area contributed by atoms with Crippen molar-refractivity contribution in [1.29, 1.82) is 0 Å². The van der Waals surface area contributed by atoms with Gasteiger partial charge in [0.1, 0.15) is 0 Å². The largest absolute Gasteiger partial charge is 0.379 e. The van der Waals surface area contributed by atoms with E-state index in [0.717, 1.165) is 19.3 Å². The summed E-state index contributed by atoms with van der Waals surface area (Å²) in [5.41, 5.74) is 0. The van der Waals surface area contributed by atoms with Gasteiger partial charge in [-0.15, -0.1) is 6.42 Å². The highest BCUT2D eigenvalue weighted by molar-refractivity contribution is 6.06. The summed E-state index contributed by atoms with van der Waals surface area (Å²) >= 11 is 0. The molecule has 1 saturated carbocycles. The summed E-state index contributed by atoms with van der Waals surface area (Å²) in [5.74, 6) is 2.42. The SMILES string of the molecule is C#CCN(CCC(=O)NC(C)CCOC(C)C)C(=O)CCCCCN1C(=O)[C@@H]2[C@H](C1=O)[C@H]1C=C[C@@H]2C1. The summed E-state index contributed by atoms with van der Waals surface area (Å²) < 4.78 is 5.51. The summed E-state index contributed by atoms with van der Waals surface area (Å²) in [6.07, 6.45) is 14.0. The average molecular weight is 500 g/mol. The van der Waals surface area contributed by atoms with Crippen LogP contribution >= 0.6 is 0 Å². The summed E-state index contributed by atoms with van der Waals surface area (Å²) in [6.45, 7) is 7.33. The number of hydrogen-bond acceptors (Lipinski definition) is 5. The molecule has 4 amide bonds. The van der Waals surface area contributed by atoms with Crippen LogP contribution in [0, 0.1) is 36.0 Å². The van der Waals surface area contributed by atoms with Crippen LogP contribution in [-0.2, 0) is 23.9 Å². The first kappa shape index (κ1) is 27.9. The number of rotatable bonds is 15. The molecular weight excluding hydrogens is 458 g/mol. The van der Waals surface area contributed by atoms with Gasteiger partial charge in [0.25, 0.3) is 0 Å². The molecule has 2 fully saturated rings. The Hall–Kier alpha value is -2.66. The van der Waals surface area contributed by atoms with Crippen molar-refractivity contribution in [2.75, 3.05) is 26.2 Å². The highest BCUT2D eigenvalue weighted by Crippen LogP contribution is 2.52. The molecule has 0 aromatic heterocycles. The van der Waals surface area contributed by atoms with Gasteiger partial charge in [-0.05, 0) is 58.3 Å². The van der Waals surface area contributed by atoms with E-state index in [-0.39, 0.29) is 79.0 Å². The number of nitrogens with one attached hydrogen (secondary N) is 1. The van der Waals surface area contributed by atoms with Gasteiger partial charge in [0.15, 0.2) is 0 Å². The molecule has 1 N–H and O–H groups in total. The number of likely N-dealkylation sites (tertiary alicyclic amines) is 1. The summed E-state index contributed by atoms with van der Waals surface area (Å²) in [6, 6.07) is -0.00611. The first-order chi connectivity index (χ1) is 17.2. The predicted molar refractivity (Wildman–Crippen MR) is 136 cm³/mol. The summed E-state index contributed by atoms with van der Waals surface area (Å²) in [7, 11) is 0. The third-order valence-electron chi connectivity index (χ3n) is 7.49. The van der Waals surface area contributed by atoms with Crippen LogP contribution in [-0.4, -0.2) is 71.8 Å². The molecule has 0 aromatic carbocycles. The normalized spacial score (nSPS) is 24.8. The second-order valence-corrected chi connectivity index (χ2v) is 10.6. The van der Waals surface area contributed by atoms with Gasteiger partial charge in [-0.3, -0.25) is 24.1 Å². The lowest BCUT2D eigenvalue weighted by atomic mass is 9.85. The fourth-order valence-electron chi connectivity index (χ4n) is 5.60. The number of imide groups is 1. The van der Waals surface area contributed by atoms with Crippen molar-refractivity contribution in [3.63, 3.8) is 0 Å². The number of carbonyl (C=O) groups is 4. The zero-order chi connectivity index (χ0) is 26.2. The van der Waals surface area contributed by atoms with E-state index in [1.807, 2.05) is 20.8 Å². The van der Waals surface area contributed by atoms with Crippen molar-refractivity contribution < 1.29 is 23.9 Å². The van der Waals surface area contributed by atoms with Gasteiger partial charge in [0.2, 0.25) is 23.6 Å². The van der Waals surface area contributed by atoms with Crippen LogP contribution in [0.1, 0.15) is 65.7 Å². The van der Waals surface area contributed by atoms with Crippen LogP contribution in [0.25, 0.3) is 0 Å². The Balaban J connectivity index is 1.32. The van der Waals surface area contributed by atoms with E-state index in [2.05, 4.69) is 23.4 Å². The van der Waals surface area contributed by atoms with E-state index < -0.39 is 0 Å². The van der Waals surface area contributed by atoms with Crippen molar-refractivity contribution in [2.24, 2.45) is 23.7 Å². The molecular formula is C28H41N3O5. The lowest BCUT2D eigenvalue weighted by molar-refractivity contribution is -0.141. The molecule has 1 unspecified atom stereocenters. The van der Waals surface area contributed by atoms with E-state index >= 15 is 0 Å². The zero-order valence-electron chi connectivity index (χ0n) is 21.9. The molecule has 1 aliphatic heterocycles. The molecule has 2 bridgehead atoms. The molecule has 2 aliphatic carbocycles. The van der Waals surface area contributed by atoms with Crippen LogP contribution in [0.15, 0.2) is 12.2 Å². The smallest absolute Gasteiger partial charge is 0.233 e. The number of terminal acetylenes is 1. The topological polar surface area (TPSA) is 96.0 Å². The minimum atomic E-state index is -0.153. The maximum Gasteiger partial charge on any atom is 0.233 e. The fourth-order valence-corrected chi connectivity index (χ4v) is 5.60. The third kappa shape index (κ3) is 6.97. The average Bonchev–Trinajstić information content (AvgIpc) is 3.50. The maximum absolute atomic E-state index is 12.7. The molecule has 0 radical (unpaired) electrons. The number of carbonyl (C=O) groups excluding carboxylic acids is 4. The lowest BCUT2D eigenvalue weighted by Gasteiger charge is -2.21. The summed E-state index contributed by atoms with van der Waals surface area (Å²) in [4.78, 5) is 53.4. The molecule has 0 spiro atoms. The number of hydrogen-bond donors (Lipinski definition) is 1. The van der Waals surface area contributed by atoms with Gasteiger partial charge < -0.3 is 15.0 Å². The molecule has 3 rings (SSSR count). The van der Waals surface area contributed by atoms with E-state index in [1.54, 1.807) is 4.90 Å². The molecule has 5 atom stereocenters. The van der Waals surface area contributed by atoms with Crippen molar-refractivity contribution in [3.05, 3.63) is 12.2 Å². The number of nitrogens with zero attached hydrogens (tertiary/aromatic N) is 2. The van der Waals surface area contributed by atoms with Gasteiger partial charge in [-0.1, -0.05) is 24.5 Å². The first-order valence-corrected chi connectivity index (χ1v) is 13.4. The Morgan fingerprint density at radius 3 is 2.39 bits per heavy atom. The molecule has 8 nitrogen and oxygen atoms in total. The Morgan fingerprint density at radius 2 is 1.78 bits per heavy atom. The Labute approximate surface area is 215 Å². The lowest BCUT2D eigenvalue weighted by Crippen LogP contribution is -2.38. The van der Waals surface area contributed by atoms with Crippen molar-refractivity contribution >= 4 is 23.6 Å². The molecule has 1 saturated heterocycles. The van der Waals surface area contributed by atoms with Crippen LogP contribution in [0.3, 0.4) is 0 Å². The summed E-state index contributed by atoms with van der Waals surface area (Å²) in [5, 5.41) is 2.94.